The number of piperidine rings is 1. The van der Waals surface area contributed by atoms with E-state index in [0.717, 1.165) is 12.0 Å². The Bertz CT molecular complexity index is 1330. The second-order valence-electron chi connectivity index (χ2n) is 9.94. The molecule has 1 N–H and O–H groups in total. The third-order valence-electron chi connectivity index (χ3n) is 7.42. The fourth-order valence-electron chi connectivity index (χ4n) is 5.49. The molecule has 1 aromatic heterocycles. The number of fused-ring (bicyclic) bond motifs is 2. The Labute approximate surface area is 213 Å². The van der Waals surface area contributed by atoms with E-state index in [0.29, 0.717) is 36.6 Å². The van der Waals surface area contributed by atoms with Crippen molar-refractivity contribution in [3.63, 3.8) is 0 Å². The zero-order chi connectivity index (χ0) is 24.9. The molecule has 2 atom stereocenters. The number of halogens is 2. The number of rotatable bonds is 5. The molecule has 1 aliphatic carbocycles. The Hall–Kier alpha value is -3.39. The van der Waals surface area contributed by atoms with E-state index < -0.39 is 17.5 Å². The molecule has 3 aromatic rings. The molecular weight excluding hydrogens is 483 g/mol. The van der Waals surface area contributed by atoms with Gasteiger partial charge in [-0.25, -0.2) is 9.18 Å². The number of nitrogens with one attached hydrogen (secondary N) is 1. The summed E-state index contributed by atoms with van der Waals surface area (Å²) in [6.07, 6.45) is 7.08. The van der Waals surface area contributed by atoms with Crippen molar-refractivity contribution >= 4 is 29.3 Å². The van der Waals surface area contributed by atoms with Gasteiger partial charge in [-0.2, -0.15) is 5.10 Å². The lowest BCUT2D eigenvalue weighted by Gasteiger charge is -2.45. The van der Waals surface area contributed by atoms with E-state index in [-0.39, 0.29) is 29.1 Å². The van der Waals surface area contributed by atoms with Gasteiger partial charge in [0.2, 0.25) is 0 Å². The summed E-state index contributed by atoms with van der Waals surface area (Å²) in [5.74, 6) is -0.184. The average Bonchev–Trinajstić information content (AvgIpc) is 3.58. The quantitative estimate of drug-likeness (QED) is 0.475. The number of likely N-dealkylation sites (tertiary alicyclic amines) is 1. The predicted octanol–water partition coefficient (Wildman–Crippen LogP) is 5.76. The predicted molar refractivity (Wildman–Crippen MR) is 132 cm³/mol. The lowest BCUT2D eigenvalue weighted by molar-refractivity contribution is -0.0418. The standard InChI is InChI=1S/C27H26ClFN4O3/c28-20-9-10-21-23(24(20)29)27(36-26(35)31-21)11-4-12-32(16-27)25(34)19-14-30-33(15-19)22(13-17-7-8-17)18-5-2-1-3-6-18/h1-3,5-6,9-10,14-15,17,22H,4,7-8,11-13,16H2,(H,31,35)/t22?,27-/m0/s1. The Balaban J connectivity index is 1.28. The van der Waals surface area contributed by atoms with Crippen molar-refractivity contribution in [3.05, 3.63) is 82.4 Å². The van der Waals surface area contributed by atoms with Crippen LogP contribution in [0.3, 0.4) is 0 Å². The van der Waals surface area contributed by atoms with Crippen LogP contribution in [-0.4, -0.2) is 39.8 Å². The van der Waals surface area contributed by atoms with E-state index in [1.807, 2.05) is 22.9 Å². The maximum atomic E-state index is 15.2. The first-order valence-electron chi connectivity index (χ1n) is 12.3. The summed E-state index contributed by atoms with van der Waals surface area (Å²) in [6.45, 7) is 0.511. The average molecular weight is 509 g/mol. The van der Waals surface area contributed by atoms with Gasteiger partial charge in [0.15, 0.2) is 11.4 Å². The van der Waals surface area contributed by atoms with Crippen molar-refractivity contribution in [2.45, 2.75) is 43.7 Å². The number of amides is 2. The summed E-state index contributed by atoms with van der Waals surface area (Å²) < 4.78 is 22.7. The zero-order valence-electron chi connectivity index (χ0n) is 19.6. The molecular formula is C27H26ClFN4O3. The Morgan fingerprint density at radius 2 is 2.06 bits per heavy atom. The van der Waals surface area contributed by atoms with Crippen LogP contribution in [0.1, 0.15) is 59.6 Å². The topological polar surface area (TPSA) is 76.5 Å². The van der Waals surface area contributed by atoms with Gasteiger partial charge in [-0.1, -0.05) is 54.8 Å². The van der Waals surface area contributed by atoms with Crippen LogP contribution < -0.4 is 5.32 Å². The van der Waals surface area contributed by atoms with E-state index in [1.54, 1.807) is 23.4 Å². The molecule has 0 radical (unpaired) electrons. The van der Waals surface area contributed by atoms with Crippen molar-refractivity contribution in [3.8, 4) is 0 Å². The van der Waals surface area contributed by atoms with Gasteiger partial charge in [-0.3, -0.25) is 14.8 Å². The second-order valence-corrected chi connectivity index (χ2v) is 10.3. The molecule has 1 saturated heterocycles. The first-order chi connectivity index (χ1) is 17.4. The fourth-order valence-corrected chi connectivity index (χ4v) is 5.65. The van der Waals surface area contributed by atoms with Crippen LogP contribution in [0.25, 0.3) is 0 Å². The van der Waals surface area contributed by atoms with E-state index in [2.05, 4.69) is 22.5 Å². The molecule has 3 heterocycles. The molecule has 9 heteroatoms. The molecule has 1 saturated carbocycles. The van der Waals surface area contributed by atoms with E-state index in [1.165, 1.54) is 18.9 Å². The minimum Gasteiger partial charge on any atom is -0.436 e. The molecule has 2 aromatic carbocycles. The summed E-state index contributed by atoms with van der Waals surface area (Å²) in [4.78, 5) is 27.5. The lowest BCUT2D eigenvalue weighted by Crippen LogP contribution is -2.53. The van der Waals surface area contributed by atoms with Crippen LogP contribution in [0.5, 0.6) is 0 Å². The van der Waals surface area contributed by atoms with Gasteiger partial charge in [-0.15, -0.1) is 0 Å². The van der Waals surface area contributed by atoms with E-state index in [4.69, 9.17) is 16.3 Å². The first kappa shape index (κ1) is 23.0. The van der Waals surface area contributed by atoms with Crippen LogP contribution in [0.4, 0.5) is 14.9 Å². The highest BCUT2D eigenvalue weighted by atomic mass is 35.5. The van der Waals surface area contributed by atoms with Gasteiger partial charge in [0.1, 0.15) is 0 Å². The molecule has 3 aliphatic rings. The minimum atomic E-state index is -1.30. The van der Waals surface area contributed by atoms with Crippen LogP contribution in [-0.2, 0) is 10.3 Å². The highest BCUT2D eigenvalue weighted by Crippen LogP contribution is 2.45. The molecule has 1 unspecified atom stereocenters. The van der Waals surface area contributed by atoms with Crippen LogP contribution in [0.15, 0.2) is 54.9 Å². The molecule has 6 rings (SSSR count). The van der Waals surface area contributed by atoms with Gasteiger partial charge >= 0.3 is 6.09 Å². The second kappa shape index (κ2) is 8.92. The largest absolute Gasteiger partial charge is 0.436 e. The highest BCUT2D eigenvalue weighted by molar-refractivity contribution is 6.31. The number of carbonyl (C=O) groups excluding carboxylic acids is 2. The summed E-state index contributed by atoms with van der Waals surface area (Å²) in [5, 5.41) is 7.06. The number of benzene rings is 2. The maximum absolute atomic E-state index is 15.2. The number of hydrogen-bond donors (Lipinski definition) is 1. The fraction of sp³-hybridized carbons (Fsp3) is 0.370. The number of carbonyl (C=O) groups is 2. The smallest absolute Gasteiger partial charge is 0.412 e. The van der Waals surface area contributed by atoms with Crippen molar-refractivity contribution in [2.24, 2.45) is 5.92 Å². The summed E-state index contributed by atoms with van der Waals surface area (Å²) in [6, 6.07) is 13.2. The summed E-state index contributed by atoms with van der Waals surface area (Å²) >= 11 is 6.07. The lowest BCUT2D eigenvalue weighted by atomic mass is 9.83. The number of aromatic nitrogens is 2. The maximum Gasteiger partial charge on any atom is 0.412 e. The normalized spacial score (nSPS) is 22.1. The monoisotopic (exact) mass is 508 g/mol. The van der Waals surface area contributed by atoms with Gasteiger partial charge < -0.3 is 9.64 Å². The van der Waals surface area contributed by atoms with Crippen molar-refractivity contribution < 1.29 is 18.7 Å². The third kappa shape index (κ3) is 4.13. The molecule has 36 heavy (non-hydrogen) atoms. The van der Waals surface area contributed by atoms with Gasteiger partial charge in [0.25, 0.3) is 5.91 Å². The number of hydrogen-bond acceptors (Lipinski definition) is 4. The van der Waals surface area contributed by atoms with Crippen molar-refractivity contribution in [2.75, 3.05) is 18.4 Å². The highest BCUT2D eigenvalue weighted by Gasteiger charge is 2.48. The zero-order valence-corrected chi connectivity index (χ0v) is 20.4. The Morgan fingerprint density at radius 3 is 2.83 bits per heavy atom. The molecule has 0 bridgehead atoms. The van der Waals surface area contributed by atoms with Gasteiger partial charge in [0.05, 0.1) is 40.6 Å². The van der Waals surface area contributed by atoms with E-state index >= 15 is 4.39 Å². The van der Waals surface area contributed by atoms with Crippen molar-refractivity contribution in [1.29, 1.82) is 0 Å². The molecule has 186 valence electrons. The molecule has 1 spiro atoms. The number of anilines is 1. The number of nitrogens with zero attached hydrogens (tertiary/aromatic N) is 3. The SMILES string of the molecule is O=C1Nc2ccc(Cl)c(F)c2[C@@]2(CCCN(C(=O)c3cnn(C(CC4CC4)c4ccccc4)c3)C2)O1. The number of ether oxygens (including phenoxy) is 1. The molecule has 2 fully saturated rings. The van der Waals surface area contributed by atoms with Crippen LogP contribution >= 0.6 is 11.6 Å². The Morgan fingerprint density at radius 1 is 1.25 bits per heavy atom. The first-order valence-corrected chi connectivity index (χ1v) is 12.7. The van der Waals surface area contributed by atoms with Gasteiger partial charge in [-0.05, 0) is 42.9 Å². The van der Waals surface area contributed by atoms with Crippen molar-refractivity contribution in [1.82, 2.24) is 14.7 Å². The molecule has 2 amide bonds. The van der Waals surface area contributed by atoms with Crippen LogP contribution in [0, 0.1) is 11.7 Å². The molecule has 2 aliphatic heterocycles. The summed E-state index contributed by atoms with van der Waals surface area (Å²) in [5.41, 5.74) is 0.831. The van der Waals surface area contributed by atoms with Gasteiger partial charge in [0, 0.05) is 12.7 Å². The van der Waals surface area contributed by atoms with Crippen LogP contribution in [0.2, 0.25) is 5.02 Å². The third-order valence-corrected chi connectivity index (χ3v) is 7.71. The minimum absolute atomic E-state index is 0.0406. The molecule has 7 nitrogen and oxygen atoms in total. The summed E-state index contributed by atoms with van der Waals surface area (Å²) in [7, 11) is 0. The van der Waals surface area contributed by atoms with E-state index in [9.17, 15) is 9.59 Å². The Kier molecular flexibility index (Phi) is 5.71.